The lowest BCUT2D eigenvalue weighted by molar-refractivity contribution is 0.641. The lowest BCUT2D eigenvalue weighted by Crippen LogP contribution is -2.16. The van der Waals surface area contributed by atoms with Gasteiger partial charge in [0, 0.05) is 11.0 Å². The molecule has 2 aromatic rings. The summed E-state index contributed by atoms with van der Waals surface area (Å²) in [6, 6.07) is 5.67. The van der Waals surface area contributed by atoms with Gasteiger partial charge in [0.25, 0.3) is 0 Å². The maximum atomic E-state index is 6.19. The number of hydrogen-bond donors (Lipinski definition) is 1. The Morgan fingerprint density at radius 1 is 1.44 bits per heavy atom. The molecule has 0 aliphatic rings. The molecule has 0 spiro atoms. The van der Waals surface area contributed by atoms with Crippen LogP contribution in [-0.4, -0.2) is 21.5 Å². The number of hydrogen-bond acceptors (Lipinski definition) is 3. The molecule has 2 rings (SSSR count). The minimum atomic E-state index is 0.653. The molecule has 18 heavy (non-hydrogen) atoms. The molecule has 96 valence electrons. The van der Waals surface area contributed by atoms with E-state index in [9.17, 15) is 0 Å². The van der Waals surface area contributed by atoms with Crippen LogP contribution in [0.2, 0.25) is 5.02 Å². The summed E-state index contributed by atoms with van der Waals surface area (Å²) in [6.07, 6.45) is 2.85. The second-order valence-electron chi connectivity index (χ2n) is 3.91. The number of benzene rings is 1. The number of nitrogens with zero attached hydrogens (tertiary/aromatic N) is 3. The Bertz CT molecular complexity index is 527. The molecule has 0 unspecified atom stereocenters. The molecule has 1 heterocycles. The highest BCUT2D eigenvalue weighted by atomic mass is 79.9. The Morgan fingerprint density at radius 3 is 3.06 bits per heavy atom. The first-order valence-electron chi connectivity index (χ1n) is 5.78. The monoisotopic (exact) mass is 328 g/mol. The third-order valence-corrected chi connectivity index (χ3v) is 3.30. The molecule has 0 bridgehead atoms. The molecule has 1 N–H and O–H groups in total. The number of nitrogens with one attached hydrogen (secondary N) is 1. The van der Waals surface area contributed by atoms with E-state index in [1.807, 2.05) is 18.2 Å². The van der Waals surface area contributed by atoms with Crippen molar-refractivity contribution in [3.05, 3.63) is 39.6 Å². The summed E-state index contributed by atoms with van der Waals surface area (Å²) in [5.41, 5.74) is 1.82. The summed E-state index contributed by atoms with van der Waals surface area (Å²) in [5.74, 6) is 0. The van der Waals surface area contributed by atoms with Crippen LogP contribution in [0.5, 0.6) is 0 Å². The first kappa shape index (κ1) is 13.5. The second kappa shape index (κ2) is 6.31. The van der Waals surface area contributed by atoms with Crippen molar-refractivity contribution in [2.24, 2.45) is 0 Å². The van der Waals surface area contributed by atoms with Crippen molar-refractivity contribution < 1.29 is 0 Å². The Morgan fingerprint density at radius 2 is 2.28 bits per heavy atom. The van der Waals surface area contributed by atoms with Gasteiger partial charge in [-0.3, -0.25) is 0 Å². The van der Waals surface area contributed by atoms with Crippen LogP contribution in [0.1, 0.15) is 19.0 Å². The van der Waals surface area contributed by atoms with Gasteiger partial charge in [-0.1, -0.05) is 39.7 Å². The average Bonchev–Trinajstić information content (AvgIpc) is 2.81. The van der Waals surface area contributed by atoms with E-state index in [-0.39, 0.29) is 0 Å². The van der Waals surface area contributed by atoms with Gasteiger partial charge in [0.15, 0.2) is 0 Å². The normalized spacial score (nSPS) is 10.8. The number of rotatable bonds is 5. The fraction of sp³-hybridized carbons (Fsp3) is 0.333. The van der Waals surface area contributed by atoms with Crippen molar-refractivity contribution >= 4 is 27.5 Å². The Labute approximate surface area is 119 Å². The minimum absolute atomic E-state index is 0.653. The third-order valence-electron chi connectivity index (χ3n) is 2.49. The maximum Gasteiger partial charge on any atom is 0.0864 e. The summed E-state index contributed by atoms with van der Waals surface area (Å²) in [6.45, 7) is 3.83. The lowest BCUT2D eigenvalue weighted by atomic mass is 10.3. The van der Waals surface area contributed by atoms with Crippen molar-refractivity contribution in [1.29, 1.82) is 0 Å². The standard InChI is InChI=1S/C12H14BrClN4/c1-2-5-15-7-10-8-16-17-18(10)12-6-9(13)3-4-11(12)14/h3-4,6,8,15H,2,5,7H2,1H3. The summed E-state index contributed by atoms with van der Waals surface area (Å²) >= 11 is 9.63. The molecule has 0 atom stereocenters. The Balaban J connectivity index is 2.27. The summed E-state index contributed by atoms with van der Waals surface area (Å²) in [5, 5.41) is 12.0. The van der Waals surface area contributed by atoms with Crippen LogP contribution >= 0.6 is 27.5 Å². The van der Waals surface area contributed by atoms with Crippen LogP contribution in [-0.2, 0) is 6.54 Å². The zero-order valence-corrected chi connectivity index (χ0v) is 12.4. The largest absolute Gasteiger partial charge is 0.311 e. The van der Waals surface area contributed by atoms with Crippen molar-refractivity contribution in [1.82, 2.24) is 20.3 Å². The molecule has 0 saturated heterocycles. The molecule has 0 aliphatic heterocycles. The first-order valence-corrected chi connectivity index (χ1v) is 6.95. The van der Waals surface area contributed by atoms with E-state index in [1.54, 1.807) is 10.9 Å². The molecule has 0 amide bonds. The number of aromatic nitrogens is 3. The zero-order chi connectivity index (χ0) is 13.0. The molecular weight excluding hydrogens is 316 g/mol. The first-order chi connectivity index (χ1) is 8.72. The lowest BCUT2D eigenvalue weighted by Gasteiger charge is -2.09. The molecule has 1 aromatic carbocycles. The van der Waals surface area contributed by atoms with Gasteiger partial charge in [-0.15, -0.1) is 5.10 Å². The van der Waals surface area contributed by atoms with E-state index in [4.69, 9.17) is 11.6 Å². The average molecular weight is 330 g/mol. The van der Waals surface area contributed by atoms with E-state index in [2.05, 4.69) is 38.5 Å². The minimum Gasteiger partial charge on any atom is -0.311 e. The van der Waals surface area contributed by atoms with Crippen LogP contribution in [0, 0.1) is 0 Å². The van der Waals surface area contributed by atoms with Gasteiger partial charge in [0.05, 0.1) is 22.6 Å². The fourth-order valence-corrected chi connectivity index (χ4v) is 2.17. The van der Waals surface area contributed by atoms with E-state index in [1.165, 1.54) is 0 Å². The predicted octanol–water partition coefficient (Wildman–Crippen LogP) is 3.18. The SMILES string of the molecule is CCCNCc1cnnn1-c1cc(Br)ccc1Cl. The van der Waals surface area contributed by atoms with Crippen molar-refractivity contribution in [2.45, 2.75) is 19.9 Å². The predicted molar refractivity (Wildman–Crippen MR) is 76.1 cm³/mol. The van der Waals surface area contributed by atoms with Gasteiger partial charge in [0.2, 0.25) is 0 Å². The molecule has 0 saturated carbocycles. The molecular formula is C12H14BrClN4. The highest BCUT2D eigenvalue weighted by Gasteiger charge is 2.09. The molecule has 4 nitrogen and oxygen atoms in total. The summed E-state index contributed by atoms with van der Waals surface area (Å²) in [7, 11) is 0. The Kier molecular flexibility index (Phi) is 4.74. The van der Waals surface area contributed by atoms with Gasteiger partial charge in [-0.25, -0.2) is 4.68 Å². The van der Waals surface area contributed by atoms with Crippen molar-refractivity contribution in [2.75, 3.05) is 6.54 Å². The van der Waals surface area contributed by atoms with E-state index in [0.29, 0.717) is 5.02 Å². The molecule has 0 fully saturated rings. The van der Waals surface area contributed by atoms with E-state index >= 15 is 0 Å². The van der Waals surface area contributed by atoms with Crippen LogP contribution in [0.15, 0.2) is 28.9 Å². The van der Waals surface area contributed by atoms with Crippen LogP contribution < -0.4 is 5.32 Å². The Hall–Kier alpha value is -0.910. The molecule has 0 radical (unpaired) electrons. The second-order valence-corrected chi connectivity index (χ2v) is 5.23. The zero-order valence-electron chi connectivity index (χ0n) is 10.0. The summed E-state index contributed by atoms with van der Waals surface area (Å²) in [4.78, 5) is 0. The van der Waals surface area contributed by atoms with Crippen LogP contribution in [0.4, 0.5) is 0 Å². The highest BCUT2D eigenvalue weighted by Crippen LogP contribution is 2.24. The summed E-state index contributed by atoms with van der Waals surface area (Å²) < 4.78 is 2.72. The van der Waals surface area contributed by atoms with Crippen molar-refractivity contribution in [3.63, 3.8) is 0 Å². The topological polar surface area (TPSA) is 42.7 Å². The van der Waals surface area contributed by atoms with Crippen LogP contribution in [0.25, 0.3) is 5.69 Å². The molecule has 0 aliphatic carbocycles. The van der Waals surface area contributed by atoms with Gasteiger partial charge in [-0.2, -0.15) is 0 Å². The van der Waals surface area contributed by atoms with Gasteiger partial charge in [0.1, 0.15) is 0 Å². The van der Waals surface area contributed by atoms with Gasteiger partial charge < -0.3 is 5.32 Å². The van der Waals surface area contributed by atoms with Crippen LogP contribution in [0.3, 0.4) is 0 Å². The van der Waals surface area contributed by atoms with E-state index < -0.39 is 0 Å². The number of halogens is 2. The maximum absolute atomic E-state index is 6.19. The van der Waals surface area contributed by atoms with E-state index in [0.717, 1.165) is 35.4 Å². The van der Waals surface area contributed by atoms with Crippen molar-refractivity contribution in [3.8, 4) is 5.69 Å². The molecule has 6 heteroatoms. The van der Waals surface area contributed by atoms with Gasteiger partial charge in [-0.05, 0) is 31.2 Å². The smallest absolute Gasteiger partial charge is 0.0864 e. The van der Waals surface area contributed by atoms with Gasteiger partial charge >= 0.3 is 0 Å². The molecule has 1 aromatic heterocycles. The fourth-order valence-electron chi connectivity index (χ4n) is 1.62. The highest BCUT2D eigenvalue weighted by molar-refractivity contribution is 9.10. The third kappa shape index (κ3) is 3.10. The quantitative estimate of drug-likeness (QED) is 0.857.